The lowest BCUT2D eigenvalue weighted by atomic mass is 9.98. The number of pyridine rings is 1. The predicted molar refractivity (Wildman–Crippen MR) is 128 cm³/mol. The second kappa shape index (κ2) is 10.7. The number of anilines is 1. The van der Waals surface area contributed by atoms with Crippen LogP contribution in [0.4, 0.5) is 10.5 Å². The van der Waals surface area contributed by atoms with E-state index in [1.807, 2.05) is 48.5 Å². The molecule has 2 aromatic carbocycles. The summed E-state index contributed by atoms with van der Waals surface area (Å²) in [6, 6.07) is 17.6. The van der Waals surface area contributed by atoms with Crippen molar-refractivity contribution in [3.8, 4) is 17.0 Å². The van der Waals surface area contributed by atoms with E-state index < -0.39 is 30.4 Å². The molecule has 9 nitrogen and oxygen atoms in total. The third kappa shape index (κ3) is 5.40. The number of carbonyl (C=O) groups excluding carboxylic acids is 2. The second-order valence-electron chi connectivity index (χ2n) is 7.90. The Balaban J connectivity index is 1.43. The van der Waals surface area contributed by atoms with Gasteiger partial charge in [-0.2, -0.15) is 0 Å². The van der Waals surface area contributed by atoms with Crippen LogP contribution in [0, 0.1) is 0 Å². The first kappa shape index (κ1) is 23.7. The summed E-state index contributed by atoms with van der Waals surface area (Å²) in [5.74, 6) is -1.95. The van der Waals surface area contributed by atoms with Crippen LogP contribution >= 0.6 is 0 Å². The molecule has 1 heterocycles. The van der Waals surface area contributed by atoms with Crippen molar-refractivity contribution < 1.29 is 29.0 Å². The van der Waals surface area contributed by atoms with E-state index in [0.29, 0.717) is 6.61 Å². The highest BCUT2D eigenvalue weighted by Gasteiger charge is 2.30. The maximum Gasteiger partial charge on any atom is 0.407 e. The van der Waals surface area contributed by atoms with Gasteiger partial charge < -0.3 is 25.2 Å². The minimum absolute atomic E-state index is 0.0400. The molecule has 0 aliphatic heterocycles. The summed E-state index contributed by atoms with van der Waals surface area (Å²) in [6.45, 7) is 2.14. The molecule has 9 heteroatoms. The second-order valence-corrected chi connectivity index (χ2v) is 7.90. The molecule has 3 aromatic rings. The number of aliphatic carboxylic acids is 1. The van der Waals surface area contributed by atoms with E-state index in [9.17, 15) is 19.5 Å². The number of rotatable bonds is 9. The Kier molecular flexibility index (Phi) is 7.25. The van der Waals surface area contributed by atoms with E-state index in [1.165, 1.54) is 6.20 Å². The number of fused-ring (bicyclic) bond motifs is 3. The SMILES string of the molecule is CCOc1ncccc1NC(=O)C(CC(=O)O)NC(=O)OCC1c2ccccc2-c2ccccc21. The van der Waals surface area contributed by atoms with Crippen molar-refractivity contribution in [2.75, 3.05) is 18.5 Å². The Bertz CT molecular complexity index is 1200. The van der Waals surface area contributed by atoms with Gasteiger partial charge >= 0.3 is 12.1 Å². The number of ether oxygens (including phenoxy) is 2. The number of alkyl carbamates (subject to hydrolysis) is 1. The van der Waals surface area contributed by atoms with Gasteiger partial charge in [-0.3, -0.25) is 9.59 Å². The molecule has 1 aromatic heterocycles. The van der Waals surface area contributed by atoms with E-state index >= 15 is 0 Å². The number of carboxylic acid groups (broad SMARTS) is 1. The molecule has 3 N–H and O–H groups in total. The fourth-order valence-corrected chi connectivity index (χ4v) is 4.12. The van der Waals surface area contributed by atoms with Crippen molar-refractivity contribution in [1.82, 2.24) is 10.3 Å². The predicted octanol–water partition coefficient (Wildman–Crippen LogP) is 3.80. The Morgan fingerprint density at radius 1 is 1.00 bits per heavy atom. The molecule has 0 saturated heterocycles. The Labute approximate surface area is 202 Å². The highest BCUT2D eigenvalue weighted by Crippen LogP contribution is 2.44. The fourth-order valence-electron chi connectivity index (χ4n) is 4.12. The number of amides is 2. The van der Waals surface area contributed by atoms with Gasteiger partial charge in [0.25, 0.3) is 0 Å². The molecular weight excluding hydrogens is 450 g/mol. The lowest BCUT2D eigenvalue weighted by Crippen LogP contribution is -2.45. The maximum atomic E-state index is 12.8. The lowest BCUT2D eigenvalue weighted by molar-refractivity contribution is -0.139. The van der Waals surface area contributed by atoms with E-state index in [-0.39, 0.29) is 24.1 Å². The van der Waals surface area contributed by atoms with Gasteiger partial charge in [-0.15, -0.1) is 0 Å². The van der Waals surface area contributed by atoms with Gasteiger partial charge in [0.15, 0.2) is 0 Å². The fraction of sp³-hybridized carbons (Fsp3) is 0.231. The number of carbonyl (C=O) groups is 3. The zero-order valence-electron chi connectivity index (χ0n) is 19.1. The van der Waals surface area contributed by atoms with Crippen LogP contribution in [0.5, 0.6) is 5.88 Å². The van der Waals surface area contributed by atoms with Crippen molar-refractivity contribution in [1.29, 1.82) is 0 Å². The monoisotopic (exact) mass is 475 g/mol. The first-order valence-electron chi connectivity index (χ1n) is 11.2. The summed E-state index contributed by atoms with van der Waals surface area (Å²) in [5.41, 5.74) is 4.52. The zero-order valence-corrected chi connectivity index (χ0v) is 19.1. The van der Waals surface area contributed by atoms with Gasteiger partial charge in [0.05, 0.1) is 13.0 Å². The number of hydrogen-bond donors (Lipinski definition) is 3. The van der Waals surface area contributed by atoms with Gasteiger partial charge in [-0.1, -0.05) is 48.5 Å². The van der Waals surface area contributed by atoms with Crippen LogP contribution in [0.15, 0.2) is 66.9 Å². The minimum atomic E-state index is -1.36. The van der Waals surface area contributed by atoms with Crippen LogP contribution in [0.2, 0.25) is 0 Å². The van der Waals surface area contributed by atoms with E-state index in [4.69, 9.17) is 9.47 Å². The number of nitrogens with zero attached hydrogens (tertiary/aromatic N) is 1. The van der Waals surface area contributed by atoms with Crippen LogP contribution in [0.3, 0.4) is 0 Å². The van der Waals surface area contributed by atoms with E-state index in [1.54, 1.807) is 19.1 Å². The zero-order chi connectivity index (χ0) is 24.8. The van der Waals surface area contributed by atoms with Crippen molar-refractivity contribution in [3.05, 3.63) is 78.0 Å². The van der Waals surface area contributed by atoms with Gasteiger partial charge in [-0.25, -0.2) is 9.78 Å². The van der Waals surface area contributed by atoms with Crippen molar-refractivity contribution in [2.45, 2.75) is 25.3 Å². The van der Waals surface area contributed by atoms with Crippen molar-refractivity contribution in [2.24, 2.45) is 0 Å². The topological polar surface area (TPSA) is 127 Å². The van der Waals surface area contributed by atoms with E-state index in [0.717, 1.165) is 22.3 Å². The first-order chi connectivity index (χ1) is 17.0. The minimum Gasteiger partial charge on any atom is -0.481 e. The Hall–Kier alpha value is -4.40. The molecule has 0 spiro atoms. The molecule has 1 aliphatic rings. The number of carboxylic acids is 1. The quantitative estimate of drug-likeness (QED) is 0.430. The number of aromatic nitrogens is 1. The Morgan fingerprint density at radius 2 is 1.66 bits per heavy atom. The third-order valence-electron chi connectivity index (χ3n) is 5.64. The van der Waals surface area contributed by atoms with Crippen LogP contribution < -0.4 is 15.4 Å². The van der Waals surface area contributed by atoms with E-state index in [2.05, 4.69) is 15.6 Å². The number of hydrogen-bond acceptors (Lipinski definition) is 6. The first-order valence-corrected chi connectivity index (χ1v) is 11.2. The highest BCUT2D eigenvalue weighted by atomic mass is 16.5. The van der Waals surface area contributed by atoms with Crippen LogP contribution in [-0.2, 0) is 14.3 Å². The molecule has 0 saturated carbocycles. The summed E-state index contributed by atoms with van der Waals surface area (Å²) in [5, 5.41) is 14.2. The smallest absolute Gasteiger partial charge is 0.407 e. The molecule has 4 rings (SSSR count). The summed E-state index contributed by atoms with van der Waals surface area (Å²) < 4.78 is 10.8. The summed E-state index contributed by atoms with van der Waals surface area (Å²) in [6.07, 6.45) is -0.00520. The number of nitrogens with one attached hydrogen (secondary N) is 2. The summed E-state index contributed by atoms with van der Waals surface area (Å²) in [7, 11) is 0. The lowest BCUT2D eigenvalue weighted by Gasteiger charge is -2.19. The molecule has 35 heavy (non-hydrogen) atoms. The van der Waals surface area contributed by atoms with Gasteiger partial charge in [0.2, 0.25) is 11.8 Å². The Morgan fingerprint density at radius 3 is 2.29 bits per heavy atom. The third-order valence-corrected chi connectivity index (χ3v) is 5.64. The van der Waals surface area contributed by atoms with Gasteiger partial charge in [0, 0.05) is 12.1 Å². The molecule has 1 atom stereocenters. The summed E-state index contributed by atoms with van der Waals surface area (Å²) >= 11 is 0. The number of benzene rings is 2. The maximum absolute atomic E-state index is 12.8. The van der Waals surface area contributed by atoms with Crippen molar-refractivity contribution in [3.63, 3.8) is 0 Å². The van der Waals surface area contributed by atoms with Crippen LogP contribution in [0.25, 0.3) is 11.1 Å². The normalized spacial score (nSPS) is 12.7. The average molecular weight is 476 g/mol. The summed E-state index contributed by atoms with van der Waals surface area (Å²) in [4.78, 5) is 40.8. The molecule has 2 amide bonds. The van der Waals surface area contributed by atoms with Crippen molar-refractivity contribution >= 4 is 23.7 Å². The average Bonchev–Trinajstić information content (AvgIpc) is 3.17. The molecule has 1 aliphatic carbocycles. The molecule has 0 radical (unpaired) electrons. The largest absolute Gasteiger partial charge is 0.481 e. The van der Waals surface area contributed by atoms with Crippen LogP contribution in [0.1, 0.15) is 30.4 Å². The standard InChI is InChI=1S/C26H25N3O6/c1-2-34-25-21(12-7-13-27-25)28-24(32)22(14-23(30)31)29-26(33)35-15-20-18-10-5-3-8-16(18)17-9-4-6-11-19(17)20/h3-13,20,22H,2,14-15H2,1H3,(H,28,32)(H,29,33)(H,30,31). The van der Waals surface area contributed by atoms with Gasteiger partial charge in [0.1, 0.15) is 18.3 Å². The molecule has 0 fully saturated rings. The molecular formula is C26H25N3O6. The molecule has 0 bridgehead atoms. The molecule has 1 unspecified atom stereocenters. The highest BCUT2D eigenvalue weighted by molar-refractivity contribution is 5.99. The van der Waals surface area contributed by atoms with Crippen LogP contribution in [-0.4, -0.2) is 47.3 Å². The van der Waals surface area contributed by atoms with Gasteiger partial charge in [-0.05, 0) is 41.3 Å². The molecule has 180 valence electrons.